The van der Waals surface area contributed by atoms with Crippen LogP contribution in [0.25, 0.3) is 10.1 Å². The first-order valence-corrected chi connectivity index (χ1v) is 8.45. The van der Waals surface area contributed by atoms with Crippen molar-refractivity contribution in [1.82, 2.24) is 5.43 Å². The quantitative estimate of drug-likeness (QED) is 0.637. The summed E-state index contributed by atoms with van der Waals surface area (Å²) in [6.07, 6.45) is 8.04. The van der Waals surface area contributed by atoms with Gasteiger partial charge in [0.15, 0.2) is 0 Å². The van der Waals surface area contributed by atoms with Crippen LogP contribution in [-0.4, -0.2) is 12.1 Å². The molecule has 1 N–H and O–H groups in total. The molecule has 110 valence electrons. The molecule has 1 amide bonds. The van der Waals surface area contributed by atoms with Gasteiger partial charge in [0.25, 0.3) is 5.91 Å². The molecule has 0 aliphatic heterocycles. The van der Waals surface area contributed by atoms with Crippen molar-refractivity contribution in [2.24, 2.45) is 11.0 Å². The molecule has 1 aromatic heterocycles. The molecule has 2 aromatic rings. The molecular weight excluding hydrogens is 304 g/mol. The maximum absolute atomic E-state index is 12.2. The van der Waals surface area contributed by atoms with Gasteiger partial charge in [-0.3, -0.25) is 4.79 Å². The maximum Gasteiger partial charge on any atom is 0.282 e. The van der Waals surface area contributed by atoms with E-state index in [1.165, 1.54) is 43.4 Å². The van der Waals surface area contributed by atoms with Crippen molar-refractivity contribution in [2.75, 3.05) is 0 Å². The summed E-state index contributed by atoms with van der Waals surface area (Å²) in [5.41, 5.74) is 2.60. The van der Waals surface area contributed by atoms with E-state index in [9.17, 15) is 4.79 Å². The van der Waals surface area contributed by atoms with Gasteiger partial charge in [-0.25, -0.2) is 5.43 Å². The first-order chi connectivity index (χ1) is 10.3. The second kappa shape index (κ2) is 6.58. The Balaban J connectivity index is 1.69. The normalized spacial score (nSPS) is 16.6. The van der Waals surface area contributed by atoms with Gasteiger partial charge in [0.1, 0.15) is 4.88 Å². The van der Waals surface area contributed by atoms with Crippen LogP contribution in [0.5, 0.6) is 0 Å². The molecule has 3 rings (SSSR count). The topological polar surface area (TPSA) is 41.5 Å². The molecule has 0 radical (unpaired) electrons. The molecule has 1 aromatic carbocycles. The Morgan fingerprint density at radius 1 is 1.29 bits per heavy atom. The lowest BCUT2D eigenvalue weighted by Crippen LogP contribution is -2.18. The van der Waals surface area contributed by atoms with Crippen molar-refractivity contribution in [3.05, 3.63) is 34.2 Å². The number of carbonyl (C=O) groups excluding carboxylic acids is 1. The Bertz CT molecular complexity index is 674. The Kier molecular flexibility index (Phi) is 4.56. The largest absolute Gasteiger partial charge is 0.282 e. The number of nitrogens with one attached hydrogen (secondary N) is 1. The lowest BCUT2D eigenvalue weighted by atomic mass is 9.90. The molecule has 5 heteroatoms. The van der Waals surface area contributed by atoms with Crippen molar-refractivity contribution < 1.29 is 4.79 Å². The Morgan fingerprint density at radius 2 is 2.05 bits per heavy atom. The molecule has 0 saturated heterocycles. The monoisotopic (exact) mass is 320 g/mol. The molecule has 0 unspecified atom stereocenters. The summed E-state index contributed by atoms with van der Waals surface area (Å²) in [5, 5.41) is 5.54. The minimum absolute atomic E-state index is 0.228. The zero-order chi connectivity index (χ0) is 14.7. The van der Waals surface area contributed by atoms with E-state index in [4.69, 9.17) is 11.6 Å². The number of benzene rings is 1. The summed E-state index contributed by atoms with van der Waals surface area (Å²) in [6.45, 7) is 0. The van der Waals surface area contributed by atoms with E-state index in [2.05, 4.69) is 10.5 Å². The van der Waals surface area contributed by atoms with E-state index in [0.717, 1.165) is 10.1 Å². The van der Waals surface area contributed by atoms with Crippen LogP contribution in [-0.2, 0) is 0 Å². The molecule has 1 aliphatic carbocycles. The standard InChI is InChI=1S/C16H17ClN2OS/c17-14-12-8-4-5-9-13(12)21-15(14)16(20)19-18-10-11-6-2-1-3-7-11/h4-5,8-11H,1-3,6-7H2,(H,19,20)/b18-10+. The minimum Gasteiger partial charge on any atom is -0.266 e. The fraction of sp³-hybridized carbons (Fsp3) is 0.375. The van der Waals surface area contributed by atoms with Crippen LogP contribution in [0, 0.1) is 5.92 Å². The van der Waals surface area contributed by atoms with E-state index < -0.39 is 0 Å². The van der Waals surface area contributed by atoms with Gasteiger partial charge in [-0.1, -0.05) is 49.1 Å². The summed E-state index contributed by atoms with van der Waals surface area (Å²) in [4.78, 5) is 12.7. The van der Waals surface area contributed by atoms with E-state index in [0.29, 0.717) is 15.8 Å². The van der Waals surface area contributed by atoms with E-state index in [1.54, 1.807) is 0 Å². The second-order valence-electron chi connectivity index (χ2n) is 5.36. The first kappa shape index (κ1) is 14.5. The van der Waals surface area contributed by atoms with Crippen molar-refractivity contribution in [3.8, 4) is 0 Å². The summed E-state index contributed by atoms with van der Waals surface area (Å²) in [5.74, 6) is 0.269. The first-order valence-electron chi connectivity index (χ1n) is 7.26. The highest BCUT2D eigenvalue weighted by molar-refractivity contribution is 7.21. The number of halogens is 1. The van der Waals surface area contributed by atoms with Crippen molar-refractivity contribution in [3.63, 3.8) is 0 Å². The molecule has 1 fully saturated rings. The Hall–Kier alpha value is -1.39. The van der Waals surface area contributed by atoms with Gasteiger partial charge in [-0.15, -0.1) is 11.3 Å². The van der Waals surface area contributed by atoms with Gasteiger partial charge in [0.05, 0.1) is 5.02 Å². The van der Waals surface area contributed by atoms with E-state index in [-0.39, 0.29) is 5.91 Å². The van der Waals surface area contributed by atoms with Crippen LogP contribution in [0.4, 0.5) is 0 Å². The second-order valence-corrected chi connectivity index (χ2v) is 6.79. The Labute approximate surface area is 133 Å². The fourth-order valence-electron chi connectivity index (χ4n) is 2.70. The zero-order valence-corrected chi connectivity index (χ0v) is 13.2. The van der Waals surface area contributed by atoms with Crippen molar-refractivity contribution in [1.29, 1.82) is 0 Å². The van der Waals surface area contributed by atoms with Crippen molar-refractivity contribution in [2.45, 2.75) is 32.1 Å². The van der Waals surface area contributed by atoms with Crippen LogP contribution in [0.1, 0.15) is 41.8 Å². The SMILES string of the molecule is O=C(N/N=C/C1CCCCC1)c1sc2ccccc2c1Cl. The van der Waals surface area contributed by atoms with Crippen LogP contribution in [0.3, 0.4) is 0 Å². The van der Waals surface area contributed by atoms with Gasteiger partial charge < -0.3 is 0 Å². The third-order valence-electron chi connectivity index (χ3n) is 3.84. The molecule has 1 aliphatic rings. The van der Waals surface area contributed by atoms with Crippen LogP contribution >= 0.6 is 22.9 Å². The number of hydrogen-bond donors (Lipinski definition) is 1. The Morgan fingerprint density at radius 3 is 2.81 bits per heavy atom. The molecular formula is C16H17ClN2OS. The highest BCUT2D eigenvalue weighted by atomic mass is 35.5. The minimum atomic E-state index is -0.228. The highest BCUT2D eigenvalue weighted by Crippen LogP contribution is 2.34. The smallest absolute Gasteiger partial charge is 0.266 e. The van der Waals surface area contributed by atoms with Crippen LogP contribution in [0.2, 0.25) is 5.02 Å². The van der Waals surface area contributed by atoms with Crippen molar-refractivity contribution >= 4 is 45.1 Å². The number of fused-ring (bicyclic) bond motifs is 1. The number of rotatable bonds is 3. The number of amides is 1. The van der Waals surface area contributed by atoms with E-state index >= 15 is 0 Å². The molecule has 3 nitrogen and oxygen atoms in total. The summed E-state index contributed by atoms with van der Waals surface area (Å²) < 4.78 is 1.02. The van der Waals surface area contributed by atoms with Gasteiger partial charge in [-0.2, -0.15) is 5.10 Å². The fourth-order valence-corrected chi connectivity index (χ4v) is 4.10. The van der Waals surface area contributed by atoms with Crippen LogP contribution < -0.4 is 5.43 Å². The highest BCUT2D eigenvalue weighted by Gasteiger charge is 2.16. The van der Waals surface area contributed by atoms with Gasteiger partial charge in [0.2, 0.25) is 0 Å². The van der Waals surface area contributed by atoms with Gasteiger partial charge in [0, 0.05) is 16.3 Å². The predicted molar refractivity (Wildman–Crippen MR) is 89.4 cm³/mol. The zero-order valence-electron chi connectivity index (χ0n) is 11.6. The molecule has 0 atom stereocenters. The van der Waals surface area contributed by atoms with Gasteiger partial charge in [-0.05, 0) is 24.8 Å². The summed E-state index contributed by atoms with van der Waals surface area (Å²) >= 11 is 7.68. The average molecular weight is 321 g/mol. The van der Waals surface area contributed by atoms with E-state index in [1.807, 2.05) is 30.5 Å². The lowest BCUT2D eigenvalue weighted by Gasteiger charge is -2.16. The number of thiophene rings is 1. The number of nitrogens with zero attached hydrogens (tertiary/aromatic N) is 1. The number of hydrogen-bond acceptors (Lipinski definition) is 3. The third kappa shape index (κ3) is 3.27. The summed E-state index contributed by atoms with van der Waals surface area (Å²) in [7, 11) is 0. The van der Waals surface area contributed by atoms with Crippen LogP contribution in [0.15, 0.2) is 29.4 Å². The predicted octanol–water partition coefficient (Wildman–Crippen LogP) is 4.85. The molecule has 1 heterocycles. The molecule has 21 heavy (non-hydrogen) atoms. The number of carbonyl (C=O) groups is 1. The molecule has 1 saturated carbocycles. The summed E-state index contributed by atoms with van der Waals surface area (Å²) in [6, 6.07) is 7.76. The third-order valence-corrected chi connectivity index (χ3v) is 5.52. The molecule has 0 bridgehead atoms. The maximum atomic E-state index is 12.2. The van der Waals surface area contributed by atoms with Gasteiger partial charge >= 0.3 is 0 Å². The number of hydrazone groups is 1. The lowest BCUT2D eigenvalue weighted by molar-refractivity contribution is 0.0959. The average Bonchev–Trinajstić information content (AvgIpc) is 2.86. The molecule has 0 spiro atoms.